The molecule has 0 radical (unpaired) electrons. The zero-order chi connectivity index (χ0) is 58.2. The lowest BCUT2D eigenvalue weighted by molar-refractivity contribution is -0.197. The van der Waals surface area contributed by atoms with Gasteiger partial charge in [-0.1, -0.05) is 47.6 Å². The fourth-order valence-corrected chi connectivity index (χ4v) is 13.8. The molecule has 3 aromatic heterocycles. The number of ether oxygens (including phenoxy) is 2. The maximum atomic E-state index is 15.1. The lowest BCUT2D eigenvalue weighted by atomic mass is 9.84. The van der Waals surface area contributed by atoms with E-state index in [0.29, 0.717) is 108 Å². The first kappa shape index (κ1) is 58.1. The van der Waals surface area contributed by atoms with Gasteiger partial charge in [0.15, 0.2) is 0 Å². The van der Waals surface area contributed by atoms with E-state index in [1.807, 2.05) is 70.2 Å². The van der Waals surface area contributed by atoms with Crippen molar-refractivity contribution in [2.45, 2.75) is 135 Å². The third kappa shape index (κ3) is 12.3. The van der Waals surface area contributed by atoms with Crippen LogP contribution in [-0.4, -0.2) is 215 Å². The van der Waals surface area contributed by atoms with Crippen molar-refractivity contribution in [2.24, 2.45) is 11.3 Å². The number of piperazine rings is 1. The van der Waals surface area contributed by atoms with Crippen molar-refractivity contribution in [3.05, 3.63) is 52.1 Å². The number of fused-ring (bicyclic) bond motifs is 6. The first-order chi connectivity index (χ1) is 38.9. The molecule has 444 valence electrons. The lowest BCUT2D eigenvalue weighted by Gasteiger charge is -2.55. The van der Waals surface area contributed by atoms with Crippen molar-refractivity contribution in [3.8, 4) is 22.5 Å². The summed E-state index contributed by atoms with van der Waals surface area (Å²) in [7, 11) is 3.38. The number of alkyl halides is 3. The van der Waals surface area contributed by atoms with Gasteiger partial charge in [0.05, 0.1) is 72.9 Å². The van der Waals surface area contributed by atoms with Gasteiger partial charge in [0.2, 0.25) is 17.7 Å². The molecule has 9 heterocycles. The highest BCUT2D eigenvalue weighted by molar-refractivity contribution is 7.10. The van der Waals surface area contributed by atoms with Crippen molar-refractivity contribution in [1.82, 2.24) is 54.8 Å². The van der Waals surface area contributed by atoms with Crippen molar-refractivity contribution in [1.29, 1.82) is 0 Å². The second-order valence-corrected chi connectivity index (χ2v) is 26.5. The fourth-order valence-electron chi connectivity index (χ4n) is 13.0. The van der Waals surface area contributed by atoms with E-state index in [-0.39, 0.29) is 68.1 Å². The number of carbonyl (C=O) groups is 5. The summed E-state index contributed by atoms with van der Waals surface area (Å²) in [6.07, 6.45) is 0.835. The third-order valence-corrected chi connectivity index (χ3v) is 18.3. The van der Waals surface area contributed by atoms with Crippen LogP contribution in [0.5, 0.6) is 0 Å². The summed E-state index contributed by atoms with van der Waals surface area (Å²) in [5.74, 6) is -1.80. The van der Waals surface area contributed by atoms with Gasteiger partial charge in [0, 0.05) is 112 Å². The second-order valence-electron chi connectivity index (χ2n) is 25.6. The number of esters is 1. The van der Waals surface area contributed by atoms with Crippen LogP contribution in [0.3, 0.4) is 0 Å². The van der Waals surface area contributed by atoms with Gasteiger partial charge < -0.3 is 34.1 Å². The number of aromatic nitrogens is 3. The van der Waals surface area contributed by atoms with Crippen LogP contribution >= 0.6 is 11.3 Å². The normalized spacial score (nSPS) is 24.8. The van der Waals surface area contributed by atoms with Crippen LogP contribution < -0.4 is 15.6 Å². The summed E-state index contributed by atoms with van der Waals surface area (Å²) >= 11 is 1.32. The number of hydrogen-bond acceptors (Lipinski definition) is 15. The summed E-state index contributed by atoms with van der Waals surface area (Å²) in [6, 6.07) is 5.08. The van der Waals surface area contributed by atoms with Crippen molar-refractivity contribution in [2.75, 3.05) is 104 Å². The summed E-state index contributed by atoms with van der Waals surface area (Å²) in [6.45, 7) is 16.8. The largest absolute Gasteiger partial charge is 0.464 e. The fraction of sp³-hybridized carbons (Fsp3) is 0.644. The number of likely N-dealkylation sites (tertiary alicyclic amines) is 1. The molecule has 4 aromatic rings. The number of cyclic esters (lactones) is 1. The Morgan fingerprint density at radius 1 is 0.976 bits per heavy atom. The highest BCUT2D eigenvalue weighted by Gasteiger charge is 2.55. The predicted molar refractivity (Wildman–Crippen MR) is 305 cm³/mol. The number of hydrogen-bond donors (Lipinski definition) is 2. The number of halogens is 3. The monoisotopic (exact) mass is 1160 g/mol. The molecule has 1 unspecified atom stereocenters. The Hall–Kier alpha value is -5.72. The SMILES string of the molecule is CC(C)c1ncc(N2CCN(C3CC3)CC2)cc1-c1c2c3cc(ccc3n1CC(F)(F)F)-c1csc(n1)C[C@H](NC(=O)[C@H](C(C)C)N1CCOC3(CN(C(=O)[C@H]4CN4CC(=O)N(C)C)C3)C1)C(=O)N1CCC[C@H](N1)C(=O)OCC(C)(C)C2. The zero-order valence-electron chi connectivity index (χ0n) is 48.5. The highest BCUT2D eigenvalue weighted by atomic mass is 32.1. The number of rotatable bonds is 12. The van der Waals surface area contributed by atoms with Crippen LogP contribution in [0.2, 0.25) is 0 Å². The minimum Gasteiger partial charge on any atom is -0.464 e. The lowest BCUT2D eigenvalue weighted by Crippen LogP contribution is -2.73. The van der Waals surface area contributed by atoms with Crippen LogP contribution in [0.25, 0.3) is 33.4 Å². The van der Waals surface area contributed by atoms with Gasteiger partial charge in [-0.05, 0) is 67.7 Å². The number of morpholine rings is 1. The molecule has 7 aliphatic rings. The molecule has 11 rings (SSSR count). The third-order valence-electron chi connectivity index (χ3n) is 17.5. The molecule has 2 N–H and O–H groups in total. The van der Waals surface area contributed by atoms with Crippen LogP contribution in [0.4, 0.5) is 18.9 Å². The summed E-state index contributed by atoms with van der Waals surface area (Å²) in [5.41, 5.74) is 6.60. The van der Waals surface area contributed by atoms with Crippen molar-refractivity contribution >= 4 is 57.5 Å². The van der Waals surface area contributed by atoms with Gasteiger partial charge >= 0.3 is 12.1 Å². The summed E-state index contributed by atoms with van der Waals surface area (Å²) in [4.78, 5) is 91.9. The number of nitrogens with zero attached hydrogens (tertiary/aromatic N) is 10. The van der Waals surface area contributed by atoms with Gasteiger partial charge in [-0.25, -0.2) is 10.4 Å². The van der Waals surface area contributed by atoms with E-state index in [1.54, 1.807) is 31.1 Å². The number of carbonyl (C=O) groups excluding carboxylic acids is 5. The Morgan fingerprint density at radius 3 is 2.43 bits per heavy atom. The van der Waals surface area contributed by atoms with E-state index >= 15 is 13.2 Å². The first-order valence-electron chi connectivity index (χ1n) is 29.3. The van der Waals surface area contributed by atoms with Crippen LogP contribution in [0.15, 0.2) is 35.8 Å². The average Bonchev–Trinajstić information content (AvgIpc) is 4.43. The molecule has 23 heteroatoms. The van der Waals surface area contributed by atoms with Gasteiger partial charge in [-0.3, -0.25) is 48.7 Å². The number of anilines is 1. The Labute approximate surface area is 481 Å². The molecule has 1 aromatic carbocycles. The van der Waals surface area contributed by atoms with Gasteiger partial charge in [-0.2, -0.15) is 13.2 Å². The topological polar surface area (TPSA) is 181 Å². The number of pyridine rings is 1. The molecule has 4 amide bonds. The molecular weight excluding hydrogens is 1080 g/mol. The standard InChI is InChI=1S/C59H79F3N12O7S/c1-35(2)50-41(23-39(26-63-50)69-18-16-68(17-19-69)38-12-13-38)52-42-25-57(5,6)34-80-56(79)43-10-9-15-74(66-43)54(77)44(24-48-64-45(29-82-48)37-11-14-46(40(42)22-37)73(52)33-59(60,61)62)65-53(76)51(36(3)4)70-20-21-81-58(30-70)31-72(32-58)55(78)47-27-71(47)28-49(75)67(7)8/h11,14,22-23,26,29,35-36,38,43-44,47,51,66H,9-10,12-13,15-21,24-25,27-28,30-34H2,1-8H3,(H,65,76)/t43-,44-,47+,51-,71?/m0/s1. The maximum Gasteiger partial charge on any atom is 0.406 e. The average molecular weight is 1160 g/mol. The molecule has 6 aliphatic heterocycles. The van der Waals surface area contributed by atoms with Crippen molar-refractivity contribution in [3.63, 3.8) is 0 Å². The molecule has 1 saturated carbocycles. The molecular formula is C59H79F3N12O7S. The first-order valence-corrected chi connectivity index (χ1v) is 30.1. The van der Waals surface area contributed by atoms with Crippen LogP contribution in [0.1, 0.15) is 89.4 Å². The minimum atomic E-state index is -4.58. The van der Waals surface area contributed by atoms with Gasteiger partial charge in [0.25, 0.3) is 5.91 Å². The van der Waals surface area contributed by atoms with Gasteiger partial charge in [-0.15, -0.1) is 11.3 Å². The van der Waals surface area contributed by atoms with Crippen LogP contribution in [0, 0.1) is 11.3 Å². The van der Waals surface area contributed by atoms with E-state index in [4.69, 9.17) is 19.4 Å². The molecule has 19 nitrogen and oxygen atoms in total. The quantitative estimate of drug-likeness (QED) is 0.140. The molecule has 6 bridgehead atoms. The summed E-state index contributed by atoms with van der Waals surface area (Å²) < 4.78 is 59.3. The molecule has 6 fully saturated rings. The van der Waals surface area contributed by atoms with Crippen LogP contribution in [-0.2, 0) is 52.8 Å². The van der Waals surface area contributed by atoms with Crippen molar-refractivity contribution < 1.29 is 46.6 Å². The Morgan fingerprint density at radius 2 is 1.73 bits per heavy atom. The van der Waals surface area contributed by atoms with E-state index in [1.165, 1.54) is 38.7 Å². The maximum absolute atomic E-state index is 15.1. The number of amides is 4. The van der Waals surface area contributed by atoms with E-state index in [0.717, 1.165) is 31.9 Å². The Kier molecular flexibility index (Phi) is 16.1. The molecule has 1 aliphatic carbocycles. The van der Waals surface area contributed by atoms with E-state index in [2.05, 4.69) is 25.4 Å². The zero-order valence-corrected chi connectivity index (χ0v) is 49.3. The van der Waals surface area contributed by atoms with Gasteiger partial charge in [0.1, 0.15) is 30.3 Å². The Bertz CT molecular complexity index is 3090. The second kappa shape index (κ2) is 22.7. The van der Waals surface area contributed by atoms with E-state index in [9.17, 15) is 24.0 Å². The Balaban J connectivity index is 0.908. The minimum absolute atomic E-state index is 0.0144. The number of likely N-dealkylation sites (N-methyl/N-ethyl adjacent to an activating group) is 1. The molecule has 5 atom stereocenters. The number of nitrogens with one attached hydrogen (secondary N) is 2. The molecule has 82 heavy (non-hydrogen) atoms. The number of benzene rings is 1. The smallest absolute Gasteiger partial charge is 0.406 e. The molecule has 5 saturated heterocycles. The van der Waals surface area contributed by atoms with E-state index < -0.39 is 53.7 Å². The number of thiazole rings is 1. The highest BCUT2D eigenvalue weighted by Crippen LogP contribution is 2.45. The molecule has 1 spiro atoms. The number of hydrazine groups is 1. The predicted octanol–water partition coefficient (Wildman–Crippen LogP) is 5.16. The summed E-state index contributed by atoms with van der Waals surface area (Å²) in [5, 5.41) is 7.58.